The third kappa shape index (κ3) is 3.44. The summed E-state index contributed by atoms with van der Waals surface area (Å²) >= 11 is 1.54. The Labute approximate surface area is 134 Å². The highest BCUT2D eigenvalue weighted by molar-refractivity contribution is 7.13. The number of aromatic nitrogens is 5. The first-order chi connectivity index (χ1) is 10.7. The summed E-state index contributed by atoms with van der Waals surface area (Å²) in [4.78, 5) is 6.85. The van der Waals surface area contributed by atoms with Crippen LogP contribution in [0.2, 0.25) is 0 Å². The van der Waals surface area contributed by atoms with Gasteiger partial charge in [-0.2, -0.15) is 5.10 Å². The topological polar surface area (TPSA) is 69.0 Å². The van der Waals surface area contributed by atoms with E-state index in [-0.39, 0.29) is 0 Å². The van der Waals surface area contributed by atoms with E-state index >= 15 is 0 Å². The number of aryl methyl sites for hydroxylation is 2. The van der Waals surface area contributed by atoms with E-state index in [2.05, 4.69) is 25.2 Å². The Kier molecular flexibility index (Phi) is 4.68. The van der Waals surface area contributed by atoms with Gasteiger partial charge in [-0.1, -0.05) is 11.3 Å². The molecule has 1 saturated heterocycles. The fraction of sp³-hybridized carbons (Fsp3) is 0.714. The summed E-state index contributed by atoms with van der Waals surface area (Å²) in [6.07, 6.45) is 2.41. The van der Waals surface area contributed by atoms with Crippen molar-refractivity contribution in [3.05, 3.63) is 16.7 Å². The predicted molar refractivity (Wildman–Crippen MR) is 84.0 cm³/mol. The van der Waals surface area contributed by atoms with Crippen LogP contribution in [0.5, 0.6) is 5.19 Å². The Morgan fingerprint density at radius 3 is 2.91 bits per heavy atom. The fourth-order valence-electron chi connectivity index (χ4n) is 2.90. The minimum Gasteiger partial charge on any atom is -0.469 e. The van der Waals surface area contributed by atoms with E-state index in [0.29, 0.717) is 17.8 Å². The predicted octanol–water partition coefficient (Wildman–Crippen LogP) is 1.81. The van der Waals surface area contributed by atoms with Crippen LogP contribution in [0.15, 0.2) is 0 Å². The average molecular weight is 322 g/mol. The van der Waals surface area contributed by atoms with Crippen molar-refractivity contribution < 1.29 is 4.74 Å². The molecule has 8 heteroatoms. The molecule has 3 rings (SSSR count). The Hall–Kier alpha value is -1.54. The van der Waals surface area contributed by atoms with Crippen LogP contribution in [0.4, 0.5) is 0 Å². The molecule has 0 aliphatic carbocycles. The van der Waals surface area contributed by atoms with Crippen molar-refractivity contribution in [3.8, 4) is 5.19 Å². The molecule has 1 fully saturated rings. The molecule has 2 aromatic rings. The minimum absolute atomic E-state index is 0.485. The van der Waals surface area contributed by atoms with Gasteiger partial charge < -0.3 is 4.74 Å². The normalized spacial score (nSPS) is 19.0. The molecule has 120 valence electrons. The third-order valence-corrected chi connectivity index (χ3v) is 4.72. The molecule has 0 spiro atoms. The number of ether oxygens (including phenoxy) is 1. The largest absolute Gasteiger partial charge is 0.469 e. The van der Waals surface area contributed by atoms with Crippen LogP contribution in [-0.4, -0.2) is 49.1 Å². The molecule has 1 atom stereocenters. The Morgan fingerprint density at radius 2 is 2.18 bits per heavy atom. The van der Waals surface area contributed by atoms with E-state index in [1.807, 2.05) is 25.5 Å². The molecule has 0 N–H and O–H groups in total. The van der Waals surface area contributed by atoms with Gasteiger partial charge in [-0.15, -0.1) is 10.2 Å². The van der Waals surface area contributed by atoms with Crippen LogP contribution >= 0.6 is 11.3 Å². The fourth-order valence-corrected chi connectivity index (χ4v) is 3.67. The summed E-state index contributed by atoms with van der Waals surface area (Å²) in [7, 11) is 0. The van der Waals surface area contributed by atoms with Gasteiger partial charge in [-0.05, 0) is 40.2 Å². The van der Waals surface area contributed by atoms with Crippen LogP contribution in [-0.2, 0) is 13.1 Å². The van der Waals surface area contributed by atoms with Crippen LogP contribution in [0.1, 0.15) is 36.4 Å². The average Bonchev–Trinajstić information content (AvgIpc) is 3.16. The molecule has 3 heterocycles. The van der Waals surface area contributed by atoms with Crippen molar-refractivity contribution in [3.63, 3.8) is 0 Å². The van der Waals surface area contributed by atoms with E-state index in [4.69, 9.17) is 4.74 Å². The zero-order valence-corrected chi connectivity index (χ0v) is 14.1. The lowest BCUT2D eigenvalue weighted by Gasteiger charge is -2.23. The summed E-state index contributed by atoms with van der Waals surface area (Å²) in [5, 5.41) is 14.5. The minimum atomic E-state index is 0.485. The van der Waals surface area contributed by atoms with Crippen LogP contribution < -0.4 is 4.74 Å². The standard InChI is InChI=1S/C14H22N6OS/c1-4-21-14-17-16-13(22-14)9-19-7-5-6-12(19)8-20-11(3)15-10(2)18-20/h12H,4-9H2,1-3H3/t12-/m1/s1. The Bertz CT molecular complexity index is 625. The number of nitrogens with zero attached hydrogens (tertiary/aromatic N) is 6. The van der Waals surface area contributed by atoms with Crippen molar-refractivity contribution in [2.24, 2.45) is 0 Å². The molecule has 0 radical (unpaired) electrons. The van der Waals surface area contributed by atoms with Crippen LogP contribution in [0.25, 0.3) is 0 Å². The number of hydrogen-bond donors (Lipinski definition) is 0. The number of rotatable bonds is 6. The van der Waals surface area contributed by atoms with Crippen molar-refractivity contribution in [1.29, 1.82) is 0 Å². The zero-order valence-electron chi connectivity index (χ0n) is 13.3. The molecular formula is C14H22N6OS. The molecule has 0 bridgehead atoms. The second-order valence-electron chi connectivity index (χ2n) is 5.55. The lowest BCUT2D eigenvalue weighted by Crippen LogP contribution is -2.33. The highest BCUT2D eigenvalue weighted by Gasteiger charge is 2.26. The molecule has 1 aliphatic rings. The molecule has 2 aromatic heterocycles. The first-order valence-electron chi connectivity index (χ1n) is 7.73. The first-order valence-corrected chi connectivity index (χ1v) is 8.54. The van der Waals surface area contributed by atoms with E-state index < -0.39 is 0 Å². The van der Waals surface area contributed by atoms with E-state index in [1.54, 1.807) is 0 Å². The lowest BCUT2D eigenvalue weighted by molar-refractivity contribution is 0.217. The molecule has 0 aromatic carbocycles. The molecule has 0 unspecified atom stereocenters. The maximum atomic E-state index is 5.40. The van der Waals surface area contributed by atoms with Gasteiger partial charge in [-0.25, -0.2) is 9.67 Å². The lowest BCUT2D eigenvalue weighted by atomic mass is 10.2. The molecule has 1 aliphatic heterocycles. The third-order valence-electron chi connectivity index (χ3n) is 3.90. The summed E-state index contributed by atoms with van der Waals surface area (Å²) < 4.78 is 7.41. The summed E-state index contributed by atoms with van der Waals surface area (Å²) in [6.45, 7) is 9.36. The van der Waals surface area contributed by atoms with Gasteiger partial charge in [0.05, 0.1) is 19.7 Å². The highest BCUT2D eigenvalue weighted by Crippen LogP contribution is 2.25. The molecule has 0 amide bonds. The maximum Gasteiger partial charge on any atom is 0.294 e. The molecule has 22 heavy (non-hydrogen) atoms. The summed E-state index contributed by atoms with van der Waals surface area (Å²) in [6, 6.07) is 0.485. The van der Waals surface area contributed by atoms with Crippen molar-refractivity contribution in [2.45, 2.75) is 52.7 Å². The van der Waals surface area contributed by atoms with Gasteiger partial charge in [0.1, 0.15) is 16.7 Å². The smallest absolute Gasteiger partial charge is 0.294 e. The van der Waals surface area contributed by atoms with Gasteiger partial charge >= 0.3 is 0 Å². The van der Waals surface area contributed by atoms with Gasteiger partial charge in [0, 0.05) is 6.04 Å². The summed E-state index contributed by atoms with van der Waals surface area (Å²) in [5.74, 6) is 1.83. The van der Waals surface area contributed by atoms with Gasteiger partial charge in [0.15, 0.2) is 0 Å². The zero-order chi connectivity index (χ0) is 15.5. The molecule has 0 saturated carbocycles. The quantitative estimate of drug-likeness (QED) is 0.808. The van der Waals surface area contributed by atoms with Crippen LogP contribution in [0.3, 0.4) is 0 Å². The Morgan fingerprint density at radius 1 is 1.32 bits per heavy atom. The van der Waals surface area contributed by atoms with E-state index in [1.165, 1.54) is 24.2 Å². The van der Waals surface area contributed by atoms with Gasteiger partial charge in [-0.3, -0.25) is 4.90 Å². The Balaban J connectivity index is 1.63. The first kappa shape index (κ1) is 15.4. The van der Waals surface area contributed by atoms with Gasteiger partial charge in [0.25, 0.3) is 5.19 Å². The van der Waals surface area contributed by atoms with Gasteiger partial charge in [0.2, 0.25) is 0 Å². The SMILES string of the molecule is CCOc1nnc(CN2CCC[C@@H]2Cn2nc(C)nc2C)s1. The second kappa shape index (κ2) is 6.70. The van der Waals surface area contributed by atoms with Crippen molar-refractivity contribution >= 4 is 11.3 Å². The maximum absolute atomic E-state index is 5.40. The number of likely N-dealkylation sites (tertiary alicyclic amines) is 1. The van der Waals surface area contributed by atoms with E-state index in [9.17, 15) is 0 Å². The highest BCUT2D eigenvalue weighted by atomic mass is 32.1. The second-order valence-corrected chi connectivity index (χ2v) is 6.57. The molecule has 7 nitrogen and oxygen atoms in total. The summed E-state index contributed by atoms with van der Waals surface area (Å²) in [5.41, 5.74) is 0. The van der Waals surface area contributed by atoms with E-state index in [0.717, 1.165) is 36.3 Å². The van der Waals surface area contributed by atoms with Crippen LogP contribution in [0, 0.1) is 13.8 Å². The van der Waals surface area contributed by atoms with Crippen molar-refractivity contribution in [2.75, 3.05) is 13.2 Å². The monoisotopic (exact) mass is 322 g/mol. The molecular weight excluding hydrogens is 300 g/mol. The van der Waals surface area contributed by atoms with Crippen molar-refractivity contribution in [1.82, 2.24) is 29.9 Å². The number of hydrogen-bond acceptors (Lipinski definition) is 7.